The van der Waals surface area contributed by atoms with Gasteiger partial charge in [0.2, 0.25) is 5.91 Å². The number of rotatable bonds is 6. The van der Waals surface area contributed by atoms with Gasteiger partial charge in [-0.3, -0.25) is 4.79 Å². The zero-order valence-electron chi connectivity index (χ0n) is 19.2. The highest BCUT2D eigenvalue weighted by Gasteiger charge is 2.52. The molecular formula is C28H27NO5. The molecule has 0 unspecified atom stereocenters. The van der Waals surface area contributed by atoms with Crippen LogP contribution in [0.15, 0.2) is 66.7 Å². The van der Waals surface area contributed by atoms with Gasteiger partial charge in [-0.1, -0.05) is 42.0 Å². The lowest BCUT2D eigenvalue weighted by Crippen LogP contribution is -2.39. The maximum absolute atomic E-state index is 13.5. The average Bonchev–Trinajstić information content (AvgIpc) is 3.66. The average molecular weight is 458 g/mol. The Morgan fingerprint density at radius 2 is 1.74 bits per heavy atom. The highest BCUT2D eigenvalue weighted by molar-refractivity contribution is 5.91. The van der Waals surface area contributed by atoms with E-state index in [1.165, 1.54) is 5.56 Å². The number of amides is 1. The number of aromatic carboxylic acids is 1. The van der Waals surface area contributed by atoms with E-state index in [2.05, 4.69) is 29.6 Å². The standard InChI is InChI=1S/C28H27NO5/c1-17-3-9-20(10-4-17)28(13-14-28)27(32)29-23-16-24(18-5-7-19(8-6-18)26(30)31)34-25-15-21(33-2)11-12-22(23)25/h3-12,15,23-24H,13-14,16H2,1-2H3,(H,29,32)(H,30,31)/t23-,24-/m1/s1. The Labute approximate surface area is 198 Å². The summed E-state index contributed by atoms with van der Waals surface area (Å²) in [5.74, 6) is 0.389. The van der Waals surface area contributed by atoms with E-state index in [0.29, 0.717) is 17.9 Å². The number of methoxy groups -OCH3 is 1. The zero-order valence-corrected chi connectivity index (χ0v) is 19.2. The van der Waals surface area contributed by atoms with Crippen LogP contribution in [0.3, 0.4) is 0 Å². The molecule has 3 aromatic rings. The van der Waals surface area contributed by atoms with E-state index in [1.807, 2.05) is 25.1 Å². The minimum atomic E-state index is -0.970. The van der Waals surface area contributed by atoms with E-state index in [9.17, 15) is 14.7 Å². The minimum Gasteiger partial charge on any atom is -0.497 e. The molecule has 3 aromatic carbocycles. The molecule has 34 heavy (non-hydrogen) atoms. The molecular weight excluding hydrogens is 430 g/mol. The van der Waals surface area contributed by atoms with Crippen molar-refractivity contribution in [3.63, 3.8) is 0 Å². The smallest absolute Gasteiger partial charge is 0.335 e. The molecule has 0 bridgehead atoms. The summed E-state index contributed by atoms with van der Waals surface area (Å²) >= 11 is 0. The quantitative estimate of drug-likeness (QED) is 0.537. The molecule has 5 rings (SSSR count). The first-order valence-electron chi connectivity index (χ1n) is 11.5. The van der Waals surface area contributed by atoms with Crippen molar-refractivity contribution in [1.82, 2.24) is 5.32 Å². The lowest BCUT2D eigenvalue weighted by atomic mass is 9.90. The van der Waals surface area contributed by atoms with Gasteiger partial charge in [0.05, 0.1) is 24.1 Å². The van der Waals surface area contributed by atoms with Crippen LogP contribution < -0.4 is 14.8 Å². The maximum Gasteiger partial charge on any atom is 0.335 e. The summed E-state index contributed by atoms with van der Waals surface area (Å²) in [5.41, 5.74) is 3.74. The van der Waals surface area contributed by atoms with E-state index < -0.39 is 11.4 Å². The zero-order chi connectivity index (χ0) is 23.9. The topological polar surface area (TPSA) is 84.9 Å². The fraction of sp³-hybridized carbons (Fsp3) is 0.286. The molecule has 2 atom stereocenters. The lowest BCUT2D eigenvalue weighted by molar-refractivity contribution is -0.124. The van der Waals surface area contributed by atoms with Gasteiger partial charge in [0, 0.05) is 18.1 Å². The Balaban J connectivity index is 1.44. The van der Waals surface area contributed by atoms with Gasteiger partial charge in [0.15, 0.2) is 0 Å². The van der Waals surface area contributed by atoms with Crippen LogP contribution in [0.1, 0.15) is 64.0 Å². The minimum absolute atomic E-state index is 0.0324. The third-order valence-electron chi connectivity index (χ3n) is 6.94. The van der Waals surface area contributed by atoms with Crippen molar-refractivity contribution in [1.29, 1.82) is 0 Å². The summed E-state index contributed by atoms with van der Waals surface area (Å²) in [4.78, 5) is 24.8. The van der Waals surface area contributed by atoms with Gasteiger partial charge in [-0.05, 0) is 55.2 Å². The number of fused-ring (bicyclic) bond motifs is 1. The predicted molar refractivity (Wildman–Crippen MR) is 127 cm³/mol. The number of ether oxygens (including phenoxy) is 2. The first kappa shape index (κ1) is 22.0. The van der Waals surface area contributed by atoms with E-state index >= 15 is 0 Å². The van der Waals surface area contributed by atoms with Crippen molar-refractivity contribution >= 4 is 11.9 Å². The first-order chi connectivity index (χ1) is 16.4. The monoisotopic (exact) mass is 457 g/mol. The van der Waals surface area contributed by atoms with Crippen molar-refractivity contribution in [2.45, 2.75) is 43.7 Å². The van der Waals surface area contributed by atoms with Crippen LogP contribution in [0.5, 0.6) is 11.5 Å². The Morgan fingerprint density at radius 1 is 1.03 bits per heavy atom. The van der Waals surface area contributed by atoms with Crippen molar-refractivity contribution < 1.29 is 24.2 Å². The van der Waals surface area contributed by atoms with Gasteiger partial charge in [-0.2, -0.15) is 0 Å². The van der Waals surface area contributed by atoms with Crippen molar-refractivity contribution in [2.24, 2.45) is 0 Å². The molecule has 1 saturated carbocycles. The summed E-state index contributed by atoms with van der Waals surface area (Å²) < 4.78 is 11.7. The number of hydrogen-bond donors (Lipinski definition) is 2. The highest BCUT2D eigenvalue weighted by atomic mass is 16.5. The number of carboxylic acids is 1. The van der Waals surface area contributed by atoms with E-state index in [-0.39, 0.29) is 23.6 Å². The molecule has 0 spiro atoms. The van der Waals surface area contributed by atoms with Crippen LogP contribution in [-0.4, -0.2) is 24.1 Å². The summed E-state index contributed by atoms with van der Waals surface area (Å²) in [7, 11) is 1.60. The van der Waals surface area contributed by atoms with Crippen molar-refractivity contribution in [3.8, 4) is 11.5 Å². The lowest BCUT2D eigenvalue weighted by Gasteiger charge is -2.34. The highest BCUT2D eigenvalue weighted by Crippen LogP contribution is 2.50. The largest absolute Gasteiger partial charge is 0.497 e. The molecule has 1 heterocycles. The molecule has 0 saturated heterocycles. The van der Waals surface area contributed by atoms with Crippen LogP contribution in [-0.2, 0) is 10.2 Å². The van der Waals surface area contributed by atoms with Crippen LogP contribution in [0.2, 0.25) is 0 Å². The Bertz CT molecular complexity index is 1230. The second kappa shape index (κ2) is 8.52. The fourth-order valence-corrected chi connectivity index (χ4v) is 4.70. The Morgan fingerprint density at radius 3 is 2.35 bits per heavy atom. The third-order valence-corrected chi connectivity index (χ3v) is 6.94. The first-order valence-corrected chi connectivity index (χ1v) is 11.5. The molecule has 0 radical (unpaired) electrons. The normalized spacial score (nSPS) is 19.9. The van der Waals surface area contributed by atoms with E-state index in [1.54, 1.807) is 31.4 Å². The molecule has 1 amide bonds. The van der Waals surface area contributed by atoms with Crippen LogP contribution in [0.4, 0.5) is 0 Å². The number of benzene rings is 3. The Kier molecular flexibility index (Phi) is 5.52. The van der Waals surface area contributed by atoms with Gasteiger partial charge in [0.25, 0.3) is 0 Å². The molecule has 1 aliphatic carbocycles. The second-order valence-electron chi connectivity index (χ2n) is 9.15. The SMILES string of the molecule is COc1ccc2c(c1)O[C@@H](c1ccc(C(=O)O)cc1)C[C@H]2NC(=O)C1(c2ccc(C)cc2)CC1. The number of nitrogens with one attached hydrogen (secondary N) is 1. The summed E-state index contributed by atoms with van der Waals surface area (Å²) in [6.07, 6.45) is 1.88. The van der Waals surface area contributed by atoms with Crippen molar-refractivity contribution in [3.05, 3.63) is 94.5 Å². The molecule has 0 aromatic heterocycles. The molecule has 174 valence electrons. The van der Waals surface area contributed by atoms with Crippen molar-refractivity contribution in [2.75, 3.05) is 7.11 Å². The van der Waals surface area contributed by atoms with Gasteiger partial charge >= 0.3 is 5.97 Å². The van der Waals surface area contributed by atoms with E-state index in [0.717, 1.165) is 29.5 Å². The number of carboxylic acid groups (broad SMARTS) is 1. The summed E-state index contributed by atoms with van der Waals surface area (Å²) in [6.45, 7) is 2.04. The van der Waals surface area contributed by atoms with E-state index in [4.69, 9.17) is 9.47 Å². The molecule has 2 aliphatic rings. The van der Waals surface area contributed by atoms with Gasteiger partial charge < -0.3 is 19.9 Å². The molecule has 6 heteroatoms. The second-order valence-corrected chi connectivity index (χ2v) is 9.15. The summed E-state index contributed by atoms with van der Waals surface area (Å²) in [6, 6.07) is 20.3. The number of carbonyl (C=O) groups is 2. The predicted octanol–water partition coefficient (Wildman–Crippen LogP) is 5.11. The molecule has 1 fully saturated rings. The van der Waals surface area contributed by atoms with Gasteiger partial charge in [-0.25, -0.2) is 4.79 Å². The number of carbonyl (C=O) groups excluding carboxylic acids is 1. The maximum atomic E-state index is 13.5. The van der Waals surface area contributed by atoms with Gasteiger partial charge in [0.1, 0.15) is 17.6 Å². The van der Waals surface area contributed by atoms with Gasteiger partial charge in [-0.15, -0.1) is 0 Å². The third kappa shape index (κ3) is 4.00. The fourth-order valence-electron chi connectivity index (χ4n) is 4.70. The Hall–Kier alpha value is -3.80. The van der Waals surface area contributed by atoms with Crippen LogP contribution in [0.25, 0.3) is 0 Å². The van der Waals surface area contributed by atoms with Crippen LogP contribution in [0, 0.1) is 6.92 Å². The van der Waals surface area contributed by atoms with Crippen LogP contribution >= 0.6 is 0 Å². The number of aryl methyl sites for hydroxylation is 1. The summed E-state index contributed by atoms with van der Waals surface area (Å²) in [5, 5.41) is 12.5. The molecule has 6 nitrogen and oxygen atoms in total. The number of hydrogen-bond acceptors (Lipinski definition) is 4. The molecule has 2 N–H and O–H groups in total. The molecule has 1 aliphatic heterocycles.